The molecule has 0 unspecified atom stereocenters. The Morgan fingerprint density at radius 1 is 1.45 bits per heavy atom. The average molecular weight is 298 g/mol. The van der Waals surface area contributed by atoms with Gasteiger partial charge in [-0.15, -0.1) is 0 Å². The molecule has 1 aromatic carbocycles. The van der Waals surface area contributed by atoms with Crippen molar-refractivity contribution in [1.82, 2.24) is 4.31 Å². The summed E-state index contributed by atoms with van der Waals surface area (Å²) in [6, 6.07) is 5.72. The predicted octanol–water partition coefficient (Wildman–Crippen LogP) is 0.585. The molecule has 0 aliphatic carbocycles. The van der Waals surface area contributed by atoms with Gasteiger partial charge in [0, 0.05) is 19.1 Å². The van der Waals surface area contributed by atoms with E-state index in [0.29, 0.717) is 13.1 Å². The second-order valence-electron chi connectivity index (χ2n) is 4.78. The normalized spacial score (nSPS) is 20.6. The Morgan fingerprint density at radius 3 is 2.85 bits per heavy atom. The largest absolute Gasteiger partial charge is 0.465 e. The van der Waals surface area contributed by atoms with Crippen molar-refractivity contribution in [3.05, 3.63) is 29.8 Å². The van der Waals surface area contributed by atoms with E-state index in [2.05, 4.69) is 4.74 Å². The maximum atomic E-state index is 12.5. The van der Waals surface area contributed by atoms with Crippen LogP contribution in [0.3, 0.4) is 0 Å². The number of nitrogens with zero attached hydrogens (tertiary/aromatic N) is 1. The van der Waals surface area contributed by atoms with Crippen LogP contribution in [0.5, 0.6) is 0 Å². The van der Waals surface area contributed by atoms with E-state index in [-0.39, 0.29) is 16.5 Å². The maximum Gasteiger partial charge on any atom is 0.337 e. The number of carbonyl (C=O) groups is 1. The maximum absolute atomic E-state index is 12.5. The number of carbonyl (C=O) groups excluding carboxylic acids is 1. The van der Waals surface area contributed by atoms with Crippen LogP contribution >= 0.6 is 0 Å². The molecule has 1 aliphatic heterocycles. The lowest BCUT2D eigenvalue weighted by atomic mass is 10.1. The standard InChI is InChI=1S/C13H18N2O4S/c1-19-13(16)10-4-2-6-12(8-10)20(17,18)15-7-3-5-11(14)9-15/h2,4,6,8,11H,3,5,7,9,14H2,1H3/t11-/m1/s1. The number of piperidine rings is 1. The molecule has 1 heterocycles. The summed E-state index contributed by atoms with van der Waals surface area (Å²) in [7, 11) is -2.36. The summed E-state index contributed by atoms with van der Waals surface area (Å²) in [5.41, 5.74) is 6.04. The summed E-state index contributed by atoms with van der Waals surface area (Å²) in [6.45, 7) is 0.767. The van der Waals surface area contributed by atoms with E-state index in [4.69, 9.17) is 5.73 Å². The van der Waals surface area contributed by atoms with E-state index in [1.54, 1.807) is 0 Å². The second kappa shape index (κ2) is 5.90. The zero-order chi connectivity index (χ0) is 14.8. The van der Waals surface area contributed by atoms with Crippen LogP contribution in [-0.4, -0.2) is 44.9 Å². The van der Waals surface area contributed by atoms with Crippen LogP contribution in [-0.2, 0) is 14.8 Å². The molecule has 110 valence electrons. The molecule has 2 N–H and O–H groups in total. The van der Waals surface area contributed by atoms with E-state index in [1.807, 2.05) is 0 Å². The van der Waals surface area contributed by atoms with E-state index in [9.17, 15) is 13.2 Å². The summed E-state index contributed by atoms with van der Waals surface area (Å²) in [4.78, 5) is 11.6. The Bertz CT molecular complexity index is 600. The van der Waals surface area contributed by atoms with Gasteiger partial charge in [0.1, 0.15) is 0 Å². The Morgan fingerprint density at radius 2 is 2.20 bits per heavy atom. The first-order valence-electron chi connectivity index (χ1n) is 6.39. The molecular formula is C13H18N2O4S. The number of ether oxygens (including phenoxy) is 1. The van der Waals surface area contributed by atoms with Gasteiger partial charge in [-0.2, -0.15) is 4.31 Å². The molecule has 1 aromatic rings. The smallest absolute Gasteiger partial charge is 0.337 e. The SMILES string of the molecule is COC(=O)c1cccc(S(=O)(=O)N2CCC[C@@H](N)C2)c1. The van der Waals surface area contributed by atoms with Crippen molar-refractivity contribution in [2.24, 2.45) is 5.73 Å². The minimum absolute atomic E-state index is 0.0921. The summed E-state index contributed by atoms with van der Waals surface area (Å²) < 4.78 is 31.0. The highest BCUT2D eigenvalue weighted by atomic mass is 32.2. The summed E-state index contributed by atoms with van der Waals surface area (Å²) >= 11 is 0. The summed E-state index contributed by atoms with van der Waals surface area (Å²) in [6.07, 6.45) is 1.57. The minimum Gasteiger partial charge on any atom is -0.465 e. The number of rotatable bonds is 3. The molecule has 1 saturated heterocycles. The third-order valence-corrected chi connectivity index (χ3v) is 5.17. The molecule has 0 saturated carbocycles. The van der Waals surface area contributed by atoms with Crippen LogP contribution in [0.4, 0.5) is 0 Å². The number of methoxy groups -OCH3 is 1. The minimum atomic E-state index is -3.61. The molecule has 6 nitrogen and oxygen atoms in total. The highest BCUT2D eigenvalue weighted by Gasteiger charge is 2.29. The van der Waals surface area contributed by atoms with E-state index in [0.717, 1.165) is 12.8 Å². The van der Waals surface area contributed by atoms with Gasteiger partial charge in [0.05, 0.1) is 17.6 Å². The van der Waals surface area contributed by atoms with Crippen LogP contribution in [0.2, 0.25) is 0 Å². The fourth-order valence-corrected chi connectivity index (χ4v) is 3.82. The van der Waals surface area contributed by atoms with Gasteiger partial charge in [-0.05, 0) is 31.0 Å². The van der Waals surface area contributed by atoms with Crippen molar-refractivity contribution in [2.45, 2.75) is 23.8 Å². The Hall–Kier alpha value is -1.44. The van der Waals surface area contributed by atoms with Crippen molar-refractivity contribution >= 4 is 16.0 Å². The van der Waals surface area contributed by atoms with E-state index >= 15 is 0 Å². The van der Waals surface area contributed by atoms with Gasteiger partial charge < -0.3 is 10.5 Å². The van der Waals surface area contributed by atoms with Crippen molar-refractivity contribution in [3.8, 4) is 0 Å². The second-order valence-corrected chi connectivity index (χ2v) is 6.72. The molecule has 1 atom stereocenters. The molecule has 0 amide bonds. The van der Waals surface area contributed by atoms with Gasteiger partial charge in [-0.3, -0.25) is 0 Å². The predicted molar refractivity (Wildman–Crippen MR) is 73.7 cm³/mol. The monoisotopic (exact) mass is 298 g/mol. The van der Waals surface area contributed by atoms with Crippen molar-refractivity contribution < 1.29 is 17.9 Å². The van der Waals surface area contributed by atoms with Crippen LogP contribution in [0.25, 0.3) is 0 Å². The fourth-order valence-electron chi connectivity index (χ4n) is 2.24. The van der Waals surface area contributed by atoms with Crippen molar-refractivity contribution in [1.29, 1.82) is 0 Å². The molecule has 1 fully saturated rings. The van der Waals surface area contributed by atoms with Crippen LogP contribution in [0.1, 0.15) is 23.2 Å². The number of nitrogens with two attached hydrogens (primary N) is 1. The topological polar surface area (TPSA) is 89.7 Å². The third-order valence-electron chi connectivity index (χ3n) is 3.31. The lowest BCUT2D eigenvalue weighted by molar-refractivity contribution is 0.0600. The van der Waals surface area contributed by atoms with Gasteiger partial charge in [0.25, 0.3) is 0 Å². The molecule has 0 radical (unpaired) electrons. The highest BCUT2D eigenvalue weighted by molar-refractivity contribution is 7.89. The van der Waals surface area contributed by atoms with Crippen LogP contribution in [0.15, 0.2) is 29.2 Å². The summed E-state index contributed by atoms with van der Waals surface area (Å²) in [5, 5.41) is 0. The van der Waals surface area contributed by atoms with E-state index < -0.39 is 16.0 Å². The fraction of sp³-hybridized carbons (Fsp3) is 0.462. The molecule has 20 heavy (non-hydrogen) atoms. The lowest BCUT2D eigenvalue weighted by Crippen LogP contribution is -2.45. The molecule has 2 rings (SSSR count). The van der Waals surface area contributed by atoms with E-state index in [1.165, 1.54) is 35.7 Å². The zero-order valence-electron chi connectivity index (χ0n) is 11.3. The third kappa shape index (κ3) is 3.00. The van der Waals surface area contributed by atoms with Gasteiger partial charge in [-0.1, -0.05) is 6.07 Å². The zero-order valence-corrected chi connectivity index (χ0v) is 12.1. The highest BCUT2D eigenvalue weighted by Crippen LogP contribution is 2.21. The Labute approximate surface area is 118 Å². The van der Waals surface area contributed by atoms with Gasteiger partial charge in [-0.25, -0.2) is 13.2 Å². The lowest BCUT2D eigenvalue weighted by Gasteiger charge is -2.29. The van der Waals surface area contributed by atoms with Crippen molar-refractivity contribution in [2.75, 3.05) is 20.2 Å². The average Bonchev–Trinajstić information content (AvgIpc) is 2.46. The number of hydrogen-bond donors (Lipinski definition) is 1. The first kappa shape index (κ1) is 15.0. The quantitative estimate of drug-likeness (QED) is 0.825. The number of benzene rings is 1. The number of hydrogen-bond acceptors (Lipinski definition) is 5. The van der Waals surface area contributed by atoms with Crippen molar-refractivity contribution in [3.63, 3.8) is 0 Å². The Balaban J connectivity index is 2.32. The molecule has 1 aliphatic rings. The molecule has 0 aromatic heterocycles. The molecule has 0 bridgehead atoms. The van der Waals surface area contributed by atoms with Gasteiger partial charge >= 0.3 is 5.97 Å². The number of esters is 1. The Kier molecular flexibility index (Phi) is 4.42. The first-order valence-corrected chi connectivity index (χ1v) is 7.83. The van der Waals surface area contributed by atoms with Gasteiger partial charge in [0.2, 0.25) is 10.0 Å². The molecule has 0 spiro atoms. The van der Waals surface area contributed by atoms with Gasteiger partial charge in [0.15, 0.2) is 0 Å². The van der Waals surface area contributed by atoms with Crippen LogP contribution in [0, 0.1) is 0 Å². The number of sulfonamides is 1. The molecule has 7 heteroatoms. The summed E-state index contributed by atoms with van der Waals surface area (Å²) in [5.74, 6) is -0.558. The van der Waals surface area contributed by atoms with Crippen LogP contribution < -0.4 is 5.73 Å². The first-order chi connectivity index (χ1) is 9.45. The molecular weight excluding hydrogens is 280 g/mol.